The lowest BCUT2D eigenvalue weighted by Crippen LogP contribution is -2.35. The highest BCUT2D eigenvalue weighted by molar-refractivity contribution is 6.04. The molecule has 10 nitrogen and oxygen atoms in total. The standard InChI is InChI=1S/C34H33F2N5O5/c1-34(2,3)46-33(43)41-12-11-19-16-37-29(15-27(19)41)39-25-14-24(30-22(35)7-6-8-23(30)36)38-26-18-40(32(42)31(25)26)17-20-9-10-21(44-4)13-28(20)45-5/h6-10,13-16H,11-12,17-18H2,1-5H3,(H,37,38,39). The Labute approximate surface area is 264 Å². The van der Waals surface area contributed by atoms with Crippen molar-refractivity contribution >= 4 is 29.2 Å². The SMILES string of the molecule is COc1ccc(CN2Cc3nc(-c4c(F)cccc4F)cc(Nc4cc5c(cn4)CCN5C(=O)OC(C)(C)C)c3C2=O)c(OC)c1. The second-order valence-corrected chi connectivity index (χ2v) is 12.0. The number of hydrogen-bond acceptors (Lipinski definition) is 8. The van der Waals surface area contributed by atoms with Gasteiger partial charge in [0.2, 0.25) is 0 Å². The van der Waals surface area contributed by atoms with E-state index in [9.17, 15) is 18.4 Å². The normalized spacial score (nSPS) is 13.8. The first kappa shape index (κ1) is 30.8. The molecule has 0 saturated heterocycles. The van der Waals surface area contributed by atoms with Gasteiger partial charge in [0.25, 0.3) is 5.91 Å². The first-order valence-corrected chi connectivity index (χ1v) is 14.7. The van der Waals surface area contributed by atoms with E-state index in [1.54, 1.807) is 62.1 Å². The van der Waals surface area contributed by atoms with Gasteiger partial charge >= 0.3 is 6.09 Å². The van der Waals surface area contributed by atoms with Crippen molar-refractivity contribution in [3.8, 4) is 22.8 Å². The number of benzene rings is 2. The van der Waals surface area contributed by atoms with Gasteiger partial charge in [-0.2, -0.15) is 0 Å². The van der Waals surface area contributed by atoms with E-state index < -0.39 is 23.3 Å². The van der Waals surface area contributed by atoms with Gasteiger partial charge in [-0.05, 0) is 63.1 Å². The quantitative estimate of drug-likeness (QED) is 0.243. The summed E-state index contributed by atoms with van der Waals surface area (Å²) in [7, 11) is 3.08. The molecule has 2 aliphatic heterocycles. The molecule has 0 unspecified atom stereocenters. The molecule has 4 heterocycles. The number of anilines is 3. The third-order valence-corrected chi connectivity index (χ3v) is 7.74. The molecule has 2 aromatic carbocycles. The van der Waals surface area contributed by atoms with Crippen LogP contribution in [0.2, 0.25) is 0 Å². The first-order chi connectivity index (χ1) is 22.0. The molecule has 12 heteroatoms. The molecular weight excluding hydrogens is 596 g/mol. The predicted octanol–water partition coefficient (Wildman–Crippen LogP) is 6.64. The molecule has 238 valence electrons. The van der Waals surface area contributed by atoms with E-state index in [1.807, 2.05) is 6.07 Å². The second kappa shape index (κ2) is 11.9. The van der Waals surface area contributed by atoms with Crippen LogP contribution in [0.25, 0.3) is 11.3 Å². The second-order valence-electron chi connectivity index (χ2n) is 12.0. The van der Waals surface area contributed by atoms with Crippen molar-refractivity contribution < 1.29 is 32.6 Å². The molecule has 0 bridgehead atoms. The summed E-state index contributed by atoms with van der Waals surface area (Å²) in [6, 6.07) is 12.0. The Morgan fingerprint density at radius 1 is 1.02 bits per heavy atom. The van der Waals surface area contributed by atoms with Crippen molar-refractivity contribution in [1.82, 2.24) is 14.9 Å². The fourth-order valence-electron chi connectivity index (χ4n) is 5.63. The molecule has 2 amide bonds. The molecule has 2 aromatic heterocycles. The number of methoxy groups -OCH3 is 2. The lowest BCUT2D eigenvalue weighted by molar-refractivity contribution is 0.0583. The number of halogens is 2. The molecule has 0 saturated carbocycles. The maximum atomic E-state index is 15.0. The minimum atomic E-state index is -0.786. The minimum Gasteiger partial charge on any atom is -0.497 e. The van der Waals surface area contributed by atoms with Crippen molar-refractivity contribution in [2.45, 2.75) is 45.9 Å². The van der Waals surface area contributed by atoms with E-state index in [0.29, 0.717) is 41.7 Å². The topological polar surface area (TPSA) is 106 Å². The maximum Gasteiger partial charge on any atom is 0.414 e. The molecule has 0 atom stereocenters. The largest absolute Gasteiger partial charge is 0.497 e. The molecule has 0 spiro atoms. The van der Waals surface area contributed by atoms with Crippen LogP contribution in [0.4, 0.5) is 30.8 Å². The summed E-state index contributed by atoms with van der Waals surface area (Å²) in [6.45, 7) is 6.10. The van der Waals surface area contributed by atoms with Crippen molar-refractivity contribution in [2.24, 2.45) is 0 Å². The van der Waals surface area contributed by atoms with Crippen LogP contribution in [-0.2, 0) is 24.2 Å². The predicted molar refractivity (Wildman–Crippen MR) is 168 cm³/mol. The van der Waals surface area contributed by atoms with Crippen LogP contribution in [0.3, 0.4) is 0 Å². The van der Waals surface area contributed by atoms with Gasteiger partial charge in [-0.25, -0.2) is 23.5 Å². The van der Waals surface area contributed by atoms with Crippen LogP contribution >= 0.6 is 0 Å². The minimum absolute atomic E-state index is 0.0186. The fourth-order valence-corrected chi connectivity index (χ4v) is 5.63. The number of carbonyl (C=O) groups is 2. The number of nitrogens with one attached hydrogen (secondary N) is 1. The van der Waals surface area contributed by atoms with Crippen LogP contribution in [0.15, 0.2) is 54.7 Å². The summed E-state index contributed by atoms with van der Waals surface area (Å²) in [5, 5.41) is 3.18. The van der Waals surface area contributed by atoms with Crippen LogP contribution in [0, 0.1) is 11.6 Å². The monoisotopic (exact) mass is 629 g/mol. The first-order valence-electron chi connectivity index (χ1n) is 14.7. The Hall–Kier alpha value is -5.26. The molecule has 46 heavy (non-hydrogen) atoms. The van der Waals surface area contributed by atoms with Crippen LogP contribution in [0.1, 0.15) is 48.0 Å². The number of rotatable bonds is 7. The summed E-state index contributed by atoms with van der Waals surface area (Å²) < 4.78 is 46.3. The van der Waals surface area contributed by atoms with Gasteiger partial charge < -0.3 is 24.4 Å². The number of ether oxygens (including phenoxy) is 3. The number of carbonyl (C=O) groups excluding carboxylic acids is 2. The third kappa shape index (κ3) is 5.90. The van der Waals surface area contributed by atoms with Gasteiger partial charge in [-0.15, -0.1) is 0 Å². The van der Waals surface area contributed by atoms with E-state index in [2.05, 4.69) is 15.3 Å². The summed E-state index contributed by atoms with van der Waals surface area (Å²) >= 11 is 0. The molecule has 0 fully saturated rings. The summed E-state index contributed by atoms with van der Waals surface area (Å²) in [5.41, 5.74) is 2.12. The lowest BCUT2D eigenvalue weighted by Gasteiger charge is -2.25. The van der Waals surface area contributed by atoms with E-state index in [4.69, 9.17) is 14.2 Å². The highest BCUT2D eigenvalue weighted by Crippen LogP contribution is 2.38. The van der Waals surface area contributed by atoms with Gasteiger partial charge in [-0.3, -0.25) is 9.69 Å². The molecule has 1 N–H and O–H groups in total. The summed E-state index contributed by atoms with van der Waals surface area (Å²) in [4.78, 5) is 39.1. The van der Waals surface area contributed by atoms with Crippen LogP contribution in [0.5, 0.6) is 11.5 Å². The van der Waals surface area contributed by atoms with Gasteiger partial charge in [0.05, 0.1) is 61.2 Å². The Kier molecular flexibility index (Phi) is 7.97. The summed E-state index contributed by atoms with van der Waals surface area (Å²) in [5.74, 6) is -0.433. The van der Waals surface area contributed by atoms with Gasteiger partial charge in [0.15, 0.2) is 0 Å². The van der Waals surface area contributed by atoms with E-state index in [1.165, 1.54) is 19.2 Å². The van der Waals surface area contributed by atoms with E-state index >= 15 is 0 Å². The average molecular weight is 630 g/mol. The molecular formula is C34H33F2N5O5. The van der Waals surface area contributed by atoms with Crippen molar-refractivity contribution in [3.63, 3.8) is 0 Å². The number of fused-ring (bicyclic) bond motifs is 2. The zero-order chi connectivity index (χ0) is 32.7. The van der Waals surface area contributed by atoms with Crippen molar-refractivity contribution in [2.75, 3.05) is 31.0 Å². The van der Waals surface area contributed by atoms with Gasteiger partial charge in [0, 0.05) is 30.4 Å². The number of aromatic nitrogens is 2. The number of amides is 2. The highest BCUT2D eigenvalue weighted by Gasteiger charge is 2.34. The molecule has 4 aromatic rings. The highest BCUT2D eigenvalue weighted by atomic mass is 19.1. The smallest absolute Gasteiger partial charge is 0.414 e. The van der Waals surface area contributed by atoms with Gasteiger partial charge in [0.1, 0.15) is 34.6 Å². The Balaban J connectivity index is 1.38. The van der Waals surface area contributed by atoms with E-state index in [0.717, 1.165) is 23.3 Å². The molecule has 0 radical (unpaired) electrons. The molecule has 6 rings (SSSR count). The van der Waals surface area contributed by atoms with Gasteiger partial charge in [-0.1, -0.05) is 6.07 Å². The zero-order valence-corrected chi connectivity index (χ0v) is 26.1. The number of hydrogen-bond donors (Lipinski definition) is 1. The fraction of sp³-hybridized carbons (Fsp3) is 0.294. The number of pyridine rings is 2. The lowest BCUT2D eigenvalue weighted by atomic mass is 10.1. The number of nitrogens with zero attached hydrogens (tertiary/aromatic N) is 4. The Bertz CT molecular complexity index is 1840. The maximum absolute atomic E-state index is 15.0. The third-order valence-electron chi connectivity index (χ3n) is 7.74. The molecule has 0 aliphatic carbocycles. The summed E-state index contributed by atoms with van der Waals surface area (Å²) in [6.07, 6.45) is 1.78. The van der Waals surface area contributed by atoms with Crippen LogP contribution < -0.4 is 19.7 Å². The van der Waals surface area contributed by atoms with Crippen LogP contribution in [-0.4, -0.2) is 53.2 Å². The Morgan fingerprint density at radius 3 is 2.48 bits per heavy atom. The van der Waals surface area contributed by atoms with Crippen molar-refractivity contribution in [1.29, 1.82) is 0 Å². The molecule has 2 aliphatic rings. The average Bonchev–Trinajstić information content (AvgIpc) is 3.57. The van der Waals surface area contributed by atoms with Crippen molar-refractivity contribution in [3.05, 3.63) is 88.7 Å². The van der Waals surface area contributed by atoms with E-state index in [-0.39, 0.29) is 41.5 Å². The Morgan fingerprint density at radius 2 is 1.78 bits per heavy atom. The zero-order valence-electron chi connectivity index (χ0n) is 26.1.